The van der Waals surface area contributed by atoms with Crippen LogP contribution in [0.3, 0.4) is 0 Å². The van der Waals surface area contributed by atoms with E-state index in [1.165, 1.54) is 18.4 Å². The molecule has 0 radical (unpaired) electrons. The molecule has 0 aliphatic carbocycles. The summed E-state index contributed by atoms with van der Waals surface area (Å²) in [5.41, 5.74) is 2.39. The number of hydrogen-bond acceptors (Lipinski definition) is 6. The lowest BCUT2D eigenvalue weighted by Crippen LogP contribution is -2.39. The number of allylic oxidation sites excluding steroid dienone is 1. The number of thiazole rings is 1. The number of esters is 1. The molecule has 0 spiro atoms. The predicted molar refractivity (Wildman–Crippen MR) is 115 cm³/mol. The number of nitrogens with zero attached hydrogens (tertiary/aromatic N) is 2. The maximum absolute atomic E-state index is 13.4. The van der Waals surface area contributed by atoms with Crippen molar-refractivity contribution >= 4 is 23.4 Å². The average molecular weight is 420 g/mol. The van der Waals surface area contributed by atoms with Crippen molar-refractivity contribution < 1.29 is 14.3 Å². The van der Waals surface area contributed by atoms with Gasteiger partial charge in [0, 0.05) is 0 Å². The van der Waals surface area contributed by atoms with E-state index in [0.717, 1.165) is 11.1 Å². The summed E-state index contributed by atoms with van der Waals surface area (Å²) in [5, 5.41) is 0. The van der Waals surface area contributed by atoms with E-state index in [2.05, 4.69) is 4.99 Å². The topological polar surface area (TPSA) is 69.9 Å². The molecule has 3 aromatic rings. The van der Waals surface area contributed by atoms with Crippen LogP contribution in [0.5, 0.6) is 5.75 Å². The van der Waals surface area contributed by atoms with E-state index in [1.807, 2.05) is 48.5 Å². The minimum atomic E-state index is -0.627. The van der Waals surface area contributed by atoms with Gasteiger partial charge in [-0.2, -0.15) is 0 Å². The summed E-state index contributed by atoms with van der Waals surface area (Å²) in [6.45, 7) is 1.76. The second-order valence-electron chi connectivity index (χ2n) is 6.76. The molecule has 1 aliphatic rings. The fourth-order valence-corrected chi connectivity index (χ4v) is 4.54. The molecule has 2 heterocycles. The minimum absolute atomic E-state index is 0.197. The quantitative estimate of drug-likeness (QED) is 0.608. The Morgan fingerprint density at radius 2 is 1.80 bits per heavy atom. The number of fused-ring (bicyclic) bond motifs is 1. The zero-order chi connectivity index (χ0) is 21.3. The lowest BCUT2D eigenvalue weighted by atomic mass is 9.96. The number of carbonyl (C=O) groups excluding carboxylic acids is 1. The molecule has 1 aromatic heterocycles. The Morgan fingerprint density at radius 3 is 2.43 bits per heavy atom. The first-order chi connectivity index (χ1) is 14.5. The van der Waals surface area contributed by atoms with E-state index in [1.54, 1.807) is 30.7 Å². The van der Waals surface area contributed by atoms with E-state index < -0.39 is 12.0 Å². The van der Waals surface area contributed by atoms with Crippen LogP contribution in [0.4, 0.5) is 0 Å². The van der Waals surface area contributed by atoms with Crippen molar-refractivity contribution in [2.24, 2.45) is 4.99 Å². The third-order valence-corrected chi connectivity index (χ3v) is 5.94. The molecule has 0 saturated carbocycles. The van der Waals surface area contributed by atoms with Crippen LogP contribution >= 0.6 is 11.3 Å². The Hall–Kier alpha value is -3.45. The number of rotatable bonds is 4. The molecular weight excluding hydrogens is 400 g/mol. The van der Waals surface area contributed by atoms with Crippen molar-refractivity contribution in [3.05, 3.63) is 96.7 Å². The molecule has 30 heavy (non-hydrogen) atoms. The van der Waals surface area contributed by atoms with Crippen molar-refractivity contribution in [1.82, 2.24) is 4.57 Å². The van der Waals surface area contributed by atoms with E-state index in [-0.39, 0.29) is 5.56 Å². The summed E-state index contributed by atoms with van der Waals surface area (Å²) in [5.74, 6) is 0.185. The van der Waals surface area contributed by atoms with Crippen LogP contribution in [0.1, 0.15) is 24.1 Å². The molecule has 4 rings (SSSR count). The van der Waals surface area contributed by atoms with Crippen LogP contribution in [-0.4, -0.2) is 24.8 Å². The van der Waals surface area contributed by atoms with Crippen LogP contribution in [0.15, 0.2) is 75.7 Å². The molecule has 0 bridgehead atoms. The summed E-state index contributed by atoms with van der Waals surface area (Å²) in [7, 11) is 2.92. The molecule has 0 saturated heterocycles. The van der Waals surface area contributed by atoms with Crippen molar-refractivity contribution in [2.45, 2.75) is 13.0 Å². The van der Waals surface area contributed by atoms with Gasteiger partial charge < -0.3 is 9.47 Å². The van der Waals surface area contributed by atoms with Crippen molar-refractivity contribution in [3.8, 4) is 5.75 Å². The highest BCUT2D eigenvalue weighted by Crippen LogP contribution is 2.31. The van der Waals surface area contributed by atoms with E-state index >= 15 is 0 Å². The first-order valence-electron chi connectivity index (χ1n) is 9.33. The molecule has 0 amide bonds. The highest BCUT2D eigenvalue weighted by atomic mass is 32.1. The second kappa shape index (κ2) is 8.12. The van der Waals surface area contributed by atoms with Crippen LogP contribution in [0.25, 0.3) is 6.08 Å². The van der Waals surface area contributed by atoms with Gasteiger partial charge >= 0.3 is 5.97 Å². The molecule has 0 fully saturated rings. The van der Waals surface area contributed by atoms with Gasteiger partial charge in [0.15, 0.2) is 4.80 Å². The van der Waals surface area contributed by atoms with Crippen LogP contribution in [0, 0.1) is 0 Å². The van der Waals surface area contributed by atoms with Gasteiger partial charge in [0.25, 0.3) is 5.56 Å². The largest absolute Gasteiger partial charge is 0.497 e. The lowest BCUT2D eigenvalue weighted by molar-refractivity contribution is -0.136. The fraction of sp³-hybridized carbons (Fsp3) is 0.174. The van der Waals surface area contributed by atoms with Crippen LogP contribution in [0.2, 0.25) is 0 Å². The first kappa shape index (κ1) is 19.8. The zero-order valence-corrected chi connectivity index (χ0v) is 17.6. The maximum Gasteiger partial charge on any atom is 0.338 e. The third kappa shape index (κ3) is 3.48. The number of methoxy groups -OCH3 is 2. The Bertz CT molecular complexity index is 1300. The number of aromatic nitrogens is 1. The van der Waals surface area contributed by atoms with Gasteiger partial charge in [-0.1, -0.05) is 53.8 Å². The summed E-state index contributed by atoms with van der Waals surface area (Å²) in [6.07, 6.45) is 1.84. The molecule has 1 unspecified atom stereocenters. The smallest absolute Gasteiger partial charge is 0.338 e. The summed E-state index contributed by atoms with van der Waals surface area (Å²) in [6, 6.07) is 16.3. The standard InChI is InChI=1S/C23H20N2O4S/c1-14-19(22(27)29-3)20(16-9-11-17(28-2)12-10-16)25-21(26)18(30-23(25)24-14)13-15-7-5-4-6-8-15/h4-13,20H,1-3H3/b18-13+. The molecular formula is C23H20N2O4S. The number of ether oxygens (including phenoxy) is 2. The molecule has 6 nitrogen and oxygen atoms in total. The van der Waals surface area contributed by atoms with Crippen molar-refractivity contribution in [1.29, 1.82) is 0 Å². The summed E-state index contributed by atoms with van der Waals surface area (Å²) < 4.78 is 12.4. The fourth-order valence-electron chi connectivity index (χ4n) is 3.49. The molecule has 152 valence electrons. The maximum atomic E-state index is 13.4. The van der Waals surface area contributed by atoms with Gasteiger partial charge in [0.05, 0.1) is 36.1 Å². The normalized spacial score (nSPS) is 16.1. The highest BCUT2D eigenvalue weighted by Gasteiger charge is 2.33. The zero-order valence-electron chi connectivity index (χ0n) is 16.8. The van der Waals surface area contributed by atoms with Gasteiger partial charge in [0.2, 0.25) is 0 Å². The average Bonchev–Trinajstić information content (AvgIpc) is 3.07. The van der Waals surface area contributed by atoms with E-state index in [9.17, 15) is 9.59 Å². The second-order valence-corrected chi connectivity index (χ2v) is 7.77. The summed E-state index contributed by atoms with van der Waals surface area (Å²) in [4.78, 5) is 31.1. The van der Waals surface area contributed by atoms with Crippen LogP contribution < -0.4 is 19.6 Å². The van der Waals surface area contributed by atoms with Crippen molar-refractivity contribution in [3.63, 3.8) is 0 Å². The Balaban J connectivity index is 1.96. The van der Waals surface area contributed by atoms with Gasteiger partial charge in [-0.3, -0.25) is 9.36 Å². The lowest BCUT2D eigenvalue weighted by Gasteiger charge is -2.24. The monoisotopic (exact) mass is 420 g/mol. The Labute approximate surface area is 177 Å². The highest BCUT2D eigenvalue weighted by molar-refractivity contribution is 7.07. The first-order valence-corrected chi connectivity index (χ1v) is 10.1. The Kier molecular flexibility index (Phi) is 5.37. The van der Waals surface area contributed by atoms with Crippen LogP contribution in [-0.2, 0) is 9.53 Å². The predicted octanol–water partition coefficient (Wildman–Crippen LogP) is 2.42. The SMILES string of the molecule is COC(=O)C1=C(C)N=c2s/c(=C/c3ccccc3)c(=O)n2C1c1ccc(OC)cc1. The summed E-state index contributed by atoms with van der Waals surface area (Å²) >= 11 is 1.31. The van der Waals surface area contributed by atoms with Crippen molar-refractivity contribution in [2.75, 3.05) is 14.2 Å². The number of hydrogen-bond donors (Lipinski definition) is 0. The molecule has 0 N–H and O–H groups in total. The van der Waals surface area contributed by atoms with Gasteiger partial charge in [-0.15, -0.1) is 0 Å². The van der Waals surface area contributed by atoms with Gasteiger partial charge in [-0.05, 0) is 36.3 Å². The minimum Gasteiger partial charge on any atom is -0.497 e. The number of benzene rings is 2. The molecule has 1 aliphatic heterocycles. The molecule has 7 heteroatoms. The van der Waals surface area contributed by atoms with E-state index in [0.29, 0.717) is 26.4 Å². The van der Waals surface area contributed by atoms with Gasteiger partial charge in [-0.25, -0.2) is 9.79 Å². The molecule has 1 atom stereocenters. The third-order valence-electron chi connectivity index (χ3n) is 4.96. The Morgan fingerprint density at radius 1 is 1.10 bits per heavy atom. The van der Waals surface area contributed by atoms with E-state index in [4.69, 9.17) is 9.47 Å². The molecule has 2 aromatic carbocycles. The van der Waals surface area contributed by atoms with Gasteiger partial charge in [0.1, 0.15) is 5.75 Å². The number of carbonyl (C=O) groups is 1.